The lowest BCUT2D eigenvalue weighted by atomic mass is 9.48. The number of ether oxygens (including phenoxy) is 2. The minimum Gasteiger partial charge on any atom is -0.466 e. The summed E-state index contributed by atoms with van der Waals surface area (Å²) in [6, 6.07) is 0. The largest absolute Gasteiger partial charge is 0.466 e. The highest BCUT2D eigenvalue weighted by Gasteiger charge is 2.57. The Labute approximate surface area is 188 Å². The predicted octanol–water partition coefficient (Wildman–Crippen LogP) is 6.09. The van der Waals surface area contributed by atoms with Crippen LogP contribution >= 0.6 is 0 Å². The Morgan fingerprint density at radius 3 is 2.58 bits per heavy atom. The molecule has 0 aromatic heterocycles. The molecule has 4 aliphatic carbocycles. The van der Waals surface area contributed by atoms with Crippen LogP contribution in [0.5, 0.6) is 0 Å². The van der Waals surface area contributed by atoms with Gasteiger partial charge in [0.15, 0.2) is 0 Å². The Kier molecular flexibility index (Phi) is 6.31. The fourth-order valence-corrected chi connectivity index (χ4v) is 8.39. The van der Waals surface area contributed by atoms with Crippen LogP contribution in [0, 0.1) is 40.4 Å². The van der Waals surface area contributed by atoms with E-state index >= 15 is 0 Å². The smallest absolute Gasteiger partial charge is 0.302 e. The Morgan fingerprint density at radius 1 is 1.10 bits per heavy atom. The highest BCUT2D eigenvalue weighted by atomic mass is 16.5. The molecule has 3 saturated carbocycles. The van der Waals surface area contributed by atoms with E-state index in [4.69, 9.17) is 9.47 Å². The number of carbonyl (C=O) groups excluding carboxylic acids is 2. The van der Waals surface area contributed by atoms with Crippen molar-refractivity contribution in [3.63, 3.8) is 0 Å². The van der Waals surface area contributed by atoms with Gasteiger partial charge in [-0.2, -0.15) is 0 Å². The van der Waals surface area contributed by atoms with Gasteiger partial charge in [0.1, 0.15) is 6.10 Å². The van der Waals surface area contributed by atoms with Crippen molar-refractivity contribution >= 4 is 11.9 Å². The zero-order valence-electron chi connectivity index (χ0n) is 20.2. The van der Waals surface area contributed by atoms with Crippen molar-refractivity contribution in [1.29, 1.82) is 0 Å². The maximum absolute atomic E-state index is 11.5. The molecule has 0 amide bonds. The van der Waals surface area contributed by atoms with Crippen molar-refractivity contribution in [2.45, 2.75) is 98.5 Å². The summed E-state index contributed by atoms with van der Waals surface area (Å²) in [6.45, 7) is 11.0. The summed E-state index contributed by atoms with van der Waals surface area (Å²) in [6.07, 6.45) is 13.4. The monoisotopic (exact) mass is 430 g/mol. The molecule has 0 aromatic rings. The predicted molar refractivity (Wildman–Crippen MR) is 121 cm³/mol. The summed E-state index contributed by atoms with van der Waals surface area (Å²) in [4.78, 5) is 22.6. The first-order chi connectivity index (χ1) is 14.6. The van der Waals surface area contributed by atoms with Gasteiger partial charge in [-0.25, -0.2) is 0 Å². The summed E-state index contributed by atoms with van der Waals surface area (Å²) in [7, 11) is 0. The molecule has 0 saturated heterocycles. The number of fused-ring (bicyclic) bond motifs is 5. The maximum Gasteiger partial charge on any atom is 0.302 e. The second kappa shape index (κ2) is 8.56. The first-order valence-corrected chi connectivity index (χ1v) is 12.7. The van der Waals surface area contributed by atoms with Crippen molar-refractivity contribution in [3.8, 4) is 0 Å². The molecular formula is C27H42O4. The molecule has 4 heteroatoms. The van der Waals surface area contributed by atoms with E-state index in [-0.39, 0.29) is 18.0 Å². The first kappa shape index (κ1) is 22.9. The Balaban J connectivity index is 1.48. The summed E-state index contributed by atoms with van der Waals surface area (Å²) in [5.41, 5.74) is 2.42. The quantitative estimate of drug-likeness (QED) is 0.391. The normalized spacial score (nSPS) is 42.5. The van der Waals surface area contributed by atoms with E-state index in [2.05, 4.69) is 26.8 Å². The highest BCUT2D eigenvalue weighted by Crippen LogP contribution is 2.66. The molecule has 0 bridgehead atoms. The molecule has 0 spiro atoms. The molecule has 0 aromatic carbocycles. The Bertz CT molecular complexity index is 742. The first-order valence-electron chi connectivity index (χ1n) is 12.7. The fourth-order valence-electron chi connectivity index (χ4n) is 8.39. The summed E-state index contributed by atoms with van der Waals surface area (Å²) in [5, 5.41) is 0. The van der Waals surface area contributed by atoms with Crippen molar-refractivity contribution in [1.82, 2.24) is 0 Å². The fraction of sp³-hybridized carbons (Fsp3) is 0.852. The van der Waals surface area contributed by atoms with Crippen molar-refractivity contribution in [2.24, 2.45) is 40.4 Å². The van der Waals surface area contributed by atoms with Gasteiger partial charge in [0.05, 0.1) is 6.61 Å². The van der Waals surface area contributed by atoms with Gasteiger partial charge in [0.2, 0.25) is 0 Å². The SMILES string of the molecule is CC(=O)OCC[C@@H](C)C1CCC2C3CCC4C[C@H](OC(C)=O)CC[C@]4(C)C3=CC[C@@]21C. The molecule has 31 heavy (non-hydrogen) atoms. The molecule has 0 aliphatic heterocycles. The van der Waals surface area contributed by atoms with Crippen molar-refractivity contribution < 1.29 is 19.1 Å². The zero-order valence-corrected chi connectivity index (χ0v) is 20.2. The molecule has 4 rings (SSSR count). The molecule has 0 radical (unpaired) electrons. The van der Waals surface area contributed by atoms with E-state index in [0.29, 0.717) is 29.3 Å². The lowest BCUT2D eigenvalue weighted by Gasteiger charge is -2.57. The number of hydrogen-bond acceptors (Lipinski definition) is 4. The van der Waals surface area contributed by atoms with Gasteiger partial charge in [-0.3, -0.25) is 9.59 Å². The van der Waals surface area contributed by atoms with E-state index in [1.54, 1.807) is 12.5 Å². The van der Waals surface area contributed by atoms with E-state index in [9.17, 15) is 9.59 Å². The topological polar surface area (TPSA) is 52.6 Å². The van der Waals surface area contributed by atoms with E-state index in [1.165, 1.54) is 39.0 Å². The molecule has 0 N–H and O–H groups in total. The number of esters is 2. The third-order valence-corrected chi connectivity index (χ3v) is 9.95. The third kappa shape index (κ3) is 4.09. The summed E-state index contributed by atoms with van der Waals surface area (Å²) < 4.78 is 10.9. The lowest BCUT2D eigenvalue weighted by Crippen LogP contribution is -2.49. The van der Waals surface area contributed by atoms with Crippen LogP contribution in [0.1, 0.15) is 92.4 Å². The van der Waals surface area contributed by atoms with Gasteiger partial charge in [-0.15, -0.1) is 0 Å². The van der Waals surface area contributed by atoms with Gasteiger partial charge in [0, 0.05) is 13.8 Å². The van der Waals surface area contributed by atoms with Crippen LogP contribution in [-0.2, 0) is 19.1 Å². The standard InChI is InChI=1S/C27H42O4/c1-17(12-15-30-18(2)28)23-8-9-24-22-7-6-20-16-21(31-19(3)29)10-13-26(20,4)25(22)11-14-27(23,24)5/h11,17,20-24H,6-10,12-16H2,1-5H3/t17-,20?,21-,22?,23?,24?,26+,27-/m1/s1. The average Bonchev–Trinajstić information content (AvgIpc) is 3.05. The molecular weight excluding hydrogens is 388 g/mol. The van der Waals surface area contributed by atoms with E-state index in [1.807, 2.05) is 0 Å². The number of allylic oxidation sites excluding steroid dienone is 2. The molecule has 4 aliphatic rings. The second-order valence-electron chi connectivity index (χ2n) is 11.6. The molecule has 3 fully saturated rings. The third-order valence-electron chi connectivity index (χ3n) is 9.95. The van der Waals surface area contributed by atoms with Crippen LogP contribution in [0.25, 0.3) is 0 Å². The highest BCUT2D eigenvalue weighted by molar-refractivity contribution is 5.66. The van der Waals surface area contributed by atoms with Gasteiger partial charge in [-0.1, -0.05) is 32.4 Å². The Hall–Kier alpha value is -1.32. The van der Waals surface area contributed by atoms with Crippen LogP contribution in [0.15, 0.2) is 11.6 Å². The number of carbonyl (C=O) groups is 2. The van der Waals surface area contributed by atoms with Crippen LogP contribution in [-0.4, -0.2) is 24.6 Å². The minimum atomic E-state index is -0.165. The van der Waals surface area contributed by atoms with Gasteiger partial charge in [-0.05, 0) is 98.2 Å². The van der Waals surface area contributed by atoms with E-state index in [0.717, 1.165) is 43.4 Å². The molecule has 4 unspecified atom stereocenters. The van der Waals surface area contributed by atoms with E-state index < -0.39 is 0 Å². The lowest BCUT2D eigenvalue weighted by molar-refractivity contribution is -0.151. The maximum atomic E-state index is 11.5. The molecule has 174 valence electrons. The van der Waals surface area contributed by atoms with Crippen LogP contribution in [0.2, 0.25) is 0 Å². The van der Waals surface area contributed by atoms with Crippen molar-refractivity contribution in [2.75, 3.05) is 6.61 Å². The van der Waals surface area contributed by atoms with Crippen molar-refractivity contribution in [3.05, 3.63) is 11.6 Å². The molecule has 4 nitrogen and oxygen atoms in total. The zero-order chi connectivity index (χ0) is 22.4. The Morgan fingerprint density at radius 2 is 1.87 bits per heavy atom. The minimum absolute atomic E-state index is 0.121. The summed E-state index contributed by atoms with van der Waals surface area (Å²) in [5.74, 6) is 3.19. The average molecular weight is 431 g/mol. The number of hydrogen-bond donors (Lipinski definition) is 0. The van der Waals surface area contributed by atoms with Crippen LogP contribution in [0.3, 0.4) is 0 Å². The molecule has 8 atom stereocenters. The second-order valence-corrected chi connectivity index (χ2v) is 11.6. The van der Waals surface area contributed by atoms with Crippen LogP contribution < -0.4 is 0 Å². The summed E-state index contributed by atoms with van der Waals surface area (Å²) >= 11 is 0. The van der Waals surface area contributed by atoms with Crippen LogP contribution in [0.4, 0.5) is 0 Å². The molecule has 0 heterocycles. The van der Waals surface area contributed by atoms with Gasteiger partial charge >= 0.3 is 11.9 Å². The number of rotatable bonds is 5. The van der Waals surface area contributed by atoms with Gasteiger partial charge in [0.25, 0.3) is 0 Å². The van der Waals surface area contributed by atoms with Gasteiger partial charge < -0.3 is 9.47 Å².